The summed E-state index contributed by atoms with van der Waals surface area (Å²) in [6.07, 6.45) is 0. The Balaban J connectivity index is 1.74. The highest BCUT2D eigenvalue weighted by molar-refractivity contribution is 9.11. The van der Waals surface area contributed by atoms with Gasteiger partial charge in [-0.05, 0) is 143 Å². The van der Waals surface area contributed by atoms with Crippen molar-refractivity contribution < 1.29 is 0 Å². The van der Waals surface area contributed by atoms with Crippen molar-refractivity contribution in [1.82, 2.24) is 4.57 Å². The van der Waals surface area contributed by atoms with Crippen molar-refractivity contribution in [2.45, 2.75) is 92.4 Å². The second-order valence-electron chi connectivity index (χ2n) is 15.1. The van der Waals surface area contributed by atoms with Crippen LogP contribution in [0.15, 0.2) is 57.5 Å². The molecule has 0 N–H and O–H groups in total. The number of aromatic nitrogens is 1. The van der Waals surface area contributed by atoms with Gasteiger partial charge >= 0.3 is 0 Å². The van der Waals surface area contributed by atoms with E-state index in [1.165, 1.54) is 86.5 Å². The van der Waals surface area contributed by atoms with Crippen LogP contribution in [0, 0.1) is 26.2 Å². The first kappa shape index (κ1) is 28.4. The lowest BCUT2D eigenvalue weighted by Gasteiger charge is -2.44. The number of nitrogens with zero attached hydrogens (tertiary/aromatic N) is 1. The number of benzene rings is 4. The van der Waals surface area contributed by atoms with Gasteiger partial charge in [-0.3, -0.25) is 0 Å². The molecule has 42 heavy (non-hydrogen) atoms. The fraction of sp³-hybridized carbons (Fsp3) is 0.385. The first-order chi connectivity index (χ1) is 19.5. The van der Waals surface area contributed by atoms with E-state index in [0.29, 0.717) is 0 Å². The monoisotopic (exact) mass is 681 g/mol. The van der Waals surface area contributed by atoms with Crippen LogP contribution in [-0.4, -0.2) is 4.57 Å². The van der Waals surface area contributed by atoms with Crippen LogP contribution in [0.3, 0.4) is 0 Å². The van der Waals surface area contributed by atoms with Gasteiger partial charge in [0.05, 0.1) is 11.0 Å². The summed E-state index contributed by atoms with van der Waals surface area (Å²) in [6, 6.07) is 18.8. The van der Waals surface area contributed by atoms with Crippen LogP contribution >= 0.6 is 31.9 Å². The maximum absolute atomic E-state index is 4.29. The minimum Gasteiger partial charge on any atom is -0.307 e. The zero-order chi connectivity index (χ0) is 30.5. The Kier molecular flexibility index (Phi) is 5.70. The number of rotatable bonds is 1. The van der Waals surface area contributed by atoms with Crippen LogP contribution in [0.1, 0.15) is 94.3 Å². The van der Waals surface area contributed by atoms with E-state index >= 15 is 0 Å². The molecular weight excluding hydrogens is 642 g/mol. The van der Waals surface area contributed by atoms with Gasteiger partial charge in [0, 0.05) is 30.8 Å². The number of halogens is 2. The summed E-state index contributed by atoms with van der Waals surface area (Å²) < 4.78 is 4.98. The lowest BCUT2D eigenvalue weighted by Crippen LogP contribution is -2.42. The summed E-state index contributed by atoms with van der Waals surface area (Å²) >= 11 is 8.56. The van der Waals surface area contributed by atoms with Crippen molar-refractivity contribution in [3.05, 3.63) is 96.4 Å². The molecule has 2 aliphatic rings. The molecule has 2 aliphatic carbocycles. The maximum atomic E-state index is 4.29. The van der Waals surface area contributed by atoms with Crippen molar-refractivity contribution in [2.75, 3.05) is 0 Å². The fourth-order valence-electron chi connectivity index (χ4n) is 8.39. The molecule has 0 amide bonds. The highest BCUT2D eigenvalue weighted by Gasteiger charge is 2.58. The van der Waals surface area contributed by atoms with E-state index in [9.17, 15) is 0 Å². The molecule has 0 atom stereocenters. The summed E-state index contributed by atoms with van der Waals surface area (Å²) in [6.45, 7) is 26.1. The molecule has 4 aromatic carbocycles. The first-order valence-corrected chi connectivity index (χ1v) is 16.8. The van der Waals surface area contributed by atoms with Crippen LogP contribution in [0.25, 0.3) is 38.6 Å². The normalized spacial score (nSPS) is 18.9. The van der Waals surface area contributed by atoms with E-state index in [0.717, 1.165) is 0 Å². The van der Waals surface area contributed by atoms with Crippen LogP contribution in [0.4, 0.5) is 0 Å². The number of aryl methyl sites for hydroxylation is 2. The van der Waals surface area contributed by atoms with E-state index in [1.807, 2.05) is 0 Å². The number of hydrogen-bond acceptors (Lipinski definition) is 0. The van der Waals surface area contributed by atoms with Gasteiger partial charge in [-0.1, -0.05) is 79.7 Å². The van der Waals surface area contributed by atoms with Gasteiger partial charge in [-0.25, -0.2) is 0 Å². The average Bonchev–Trinajstić information content (AvgIpc) is 3.40. The Morgan fingerprint density at radius 1 is 0.595 bits per heavy atom. The second-order valence-corrected chi connectivity index (χ2v) is 16.7. The maximum Gasteiger partial charge on any atom is 0.0687 e. The summed E-state index contributed by atoms with van der Waals surface area (Å²) in [4.78, 5) is 0. The number of hydrogen-bond donors (Lipinski definition) is 0. The predicted molar refractivity (Wildman–Crippen MR) is 188 cm³/mol. The second kappa shape index (κ2) is 8.42. The zero-order valence-corrected chi connectivity index (χ0v) is 30.0. The molecule has 0 radical (unpaired) electrons. The van der Waals surface area contributed by atoms with Crippen molar-refractivity contribution in [2.24, 2.45) is 5.41 Å². The van der Waals surface area contributed by atoms with E-state index in [1.54, 1.807) is 0 Å². The molecule has 7 rings (SSSR count). The molecule has 0 saturated heterocycles. The Morgan fingerprint density at radius 2 is 1.14 bits per heavy atom. The molecule has 0 bridgehead atoms. The summed E-state index contributed by atoms with van der Waals surface area (Å²) in [5, 5.41) is 2.62. The van der Waals surface area contributed by atoms with Crippen molar-refractivity contribution in [1.29, 1.82) is 0 Å². The summed E-state index contributed by atoms with van der Waals surface area (Å²) in [5.74, 6) is 0. The van der Waals surface area contributed by atoms with Gasteiger partial charge in [0.15, 0.2) is 0 Å². The first-order valence-electron chi connectivity index (χ1n) is 15.2. The standard InChI is InChI=1S/C39H41Br2N/c1-20-16-23(17-21(2)22(20)3)42-34-26(18-25-24-14-12-13-15-28(24)36(4,5)30(25)32(34)40)27-19-29-31(33(41)35(27)42)38(8,9)39(10,11)37(29,6)7/h12-19H,1-11H3. The van der Waals surface area contributed by atoms with Gasteiger partial charge in [0.2, 0.25) is 0 Å². The molecule has 0 unspecified atom stereocenters. The predicted octanol–water partition coefficient (Wildman–Crippen LogP) is 12.1. The molecule has 1 nitrogen and oxygen atoms in total. The Hall–Kier alpha value is -2.36. The van der Waals surface area contributed by atoms with Crippen molar-refractivity contribution >= 4 is 53.7 Å². The third kappa shape index (κ3) is 3.15. The van der Waals surface area contributed by atoms with Crippen LogP contribution in [0.2, 0.25) is 0 Å². The van der Waals surface area contributed by atoms with Crippen LogP contribution in [-0.2, 0) is 16.2 Å². The smallest absolute Gasteiger partial charge is 0.0687 e. The SMILES string of the molecule is Cc1cc(-n2c3c(Br)c4c(cc3c3cc5c(c(Br)c32)C(C)(C)C(C)(C)C5(C)C)-c2ccccc2C4(C)C)cc(C)c1C. The molecule has 216 valence electrons. The molecule has 1 heterocycles. The Bertz CT molecular complexity index is 2010. The van der Waals surface area contributed by atoms with E-state index in [-0.39, 0.29) is 21.7 Å². The fourth-order valence-corrected chi connectivity index (χ4v) is 10.6. The van der Waals surface area contributed by atoms with Gasteiger partial charge in [-0.15, -0.1) is 0 Å². The molecule has 0 saturated carbocycles. The van der Waals surface area contributed by atoms with E-state index in [2.05, 4.69) is 161 Å². The average molecular weight is 684 g/mol. The van der Waals surface area contributed by atoms with Gasteiger partial charge in [0.1, 0.15) is 0 Å². The zero-order valence-electron chi connectivity index (χ0n) is 26.8. The highest BCUT2D eigenvalue weighted by atomic mass is 79.9. The van der Waals surface area contributed by atoms with E-state index < -0.39 is 0 Å². The van der Waals surface area contributed by atoms with E-state index in [4.69, 9.17) is 0 Å². The molecule has 0 aliphatic heterocycles. The third-order valence-corrected chi connectivity index (χ3v) is 13.9. The topological polar surface area (TPSA) is 4.93 Å². The van der Waals surface area contributed by atoms with Gasteiger partial charge < -0.3 is 4.57 Å². The van der Waals surface area contributed by atoms with Crippen molar-refractivity contribution in [3.8, 4) is 16.8 Å². The van der Waals surface area contributed by atoms with Gasteiger partial charge in [-0.2, -0.15) is 0 Å². The molecule has 5 aromatic rings. The lowest BCUT2D eigenvalue weighted by molar-refractivity contribution is 0.125. The van der Waals surface area contributed by atoms with Crippen LogP contribution < -0.4 is 0 Å². The molecule has 0 fully saturated rings. The molecule has 3 heteroatoms. The number of fused-ring (bicyclic) bond motifs is 7. The highest BCUT2D eigenvalue weighted by Crippen LogP contribution is 2.65. The van der Waals surface area contributed by atoms with Gasteiger partial charge in [0.25, 0.3) is 0 Å². The van der Waals surface area contributed by atoms with Crippen LogP contribution in [0.5, 0.6) is 0 Å². The summed E-state index contributed by atoms with van der Waals surface area (Å²) in [7, 11) is 0. The van der Waals surface area contributed by atoms with Crippen molar-refractivity contribution in [3.63, 3.8) is 0 Å². The Morgan fingerprint density at radius 3 is 1.76 bits per heavy atom. The minimum absolute atomic E-state index is 0.0105. The molecular formula is C39H41Br2N. The molecule has 1 aromatic heterocycles. The minimum atomic E-state index is -0.105. The third-order valence-electron chi connectivity index (χ3n) is 12.3. The summed E-state index contributed by atoms with van der Waals surface area (Å²) in [5.41, 5.74) is 16.1. The molecule has 0 spiro atoms. The quantitative estimate of drug-likeness (QED) is 0.166. The Labute approximate surface area is 268 Å². The lowest BCUT2D eigenvalue weighted by atomic mass is 9.59. The largest absolute Gasteiger partial charge is 0.307 e.